The van der Waals surface area contributed by atoms with Crippen molar-refractivity contribution in [2.45, 2.75) is 18.9 Å². The van der Waals surface area contributed by atoms with E-state index in [1.807, 2.05) is 30.1 Å². The third kappa shape index (κ3) is 4.02. The van der Waals surface area contributed by atoms with Crippen molar-refractivity contribution in [3.63, 3.8) is 0 Å². The summed E-state index contributed by atoms with van der Waals surface area (Å²) in [5.74, 6) is 0.444. The van der Waals surface area contributed by atoms with Crippen LogP contribution in [-0.4, -0.2) is 54.1 Å². The van der Waals surface area contributed by atoms with Crippen molar-refractivity contribution in [3.05, 3.63) is 53.6 Å². The number of hydrogen-bond donors (Lipinski definition) is 1. The summed E-state index contributed by atoms with van der Waals surface area (Å²) in [6, 6.07) is 5.63. The lowest BCUT2D eigenvalue weighted by Gasteiger charge is -2.38. The van der Waals surface area contributed by atoms with Crippen molar-refractivity contribution in [2.75, 3.05) is 32.1 Å². The maximum Gasteiger partial charge on any atom is 0.271 e. The molecule has 1 atom stereocenters. The number of carbonyl (C=O) groups is 1. The highest BCUT2D eigenvalue weighted by Gasteiger charge is 2.26. The van der Waals surface area contributed by atoms with Gasteiger partial charge in [0.1, 0.15) is 5.69 Å². The second kappa shape index (κ2) is 8.07. The normalized spacial score (nSPS) is 16.7. The average molecular weight is 368 g/mol. The van der Waals surface area contributed by atoms with Gasteiger partial charge in [-0.05, 0) is 36.6 Å². The zero-order valence-corrected chi connectivity index (χ0v) is 15.6. The van der Waals surface area contributed by atoms with Crippen LogP contribution in [0.3, 0.4) is 0 Å². The second-order valence-electron chi connectivity index (χ2n) is 6.58. The third-order valence-electron chi connectivity index (χ3n) is 4.97. The molecule has 2 aromatic heterocycles. The Labute approximate surface area is 158 Å². The smallest absolute Gasteiger partial charge is 0.271 e. The Morgan fingerprint density at radius 2 is 2.26 bits per heavy atom. The molecular formula is C20H24N4O3. The standard InChI is InChI=1S/C20H24N4O3/c1-4-19(25)24-9-5-6-16(13-24)23(2)17-10-15(12-22-20(17)26)14-7-8-21-18(11-14)27-3/h4,7-8,10-12,16H,1,5-6,9,13H2,2-3H3,(H,22,26)/t16-/m0/s1. The van der Waals surface area contributed by atoms with Crippen LogP contribution in [0.2, 0.25) is 0 Å². The van der Waals surface area contributed by atoms with Crippen LogP contribution in [0.5, 0.6) is 5.88 Å². The quantitative estimate of drug-likeness (QED) is 0.818. The van der Waals surface area contributed by atoms with Crippen LogP contribution in [0.25, 0.3) is 11.1 Å². The van der Waals surface area contributed by atoms with Crippen LogP contribution in [0.4, 0.5) is 5.69 Å². The molecular weight excluding hydrogens is 344 g/mol. The fourth-order valence-electron chi connectivity index (χ4n) is 3.40. The van der Waals surface area contributed by atoms with E-state index in [1.165, 1.54) is 6.08 Å². The van der Waals surface area contributed by atoms with E-state index in [0.717, 1.165) is 30.5 Å². The number of carbonyl (C=O) groups excluding carboxylic acids is 1. The number of nitrogens with one attached hydrogen (secondary N) is 1. The van der Waals surface area contributed by atoms with Crippen LogP contribution in [-0.2, 0) is 4.79 Å². The molecule has 7 nitrogen and oxygen atoms in total. The fraction of sp³-hybridized carbons (Fsp3) is 0.350. The maximum atomic E-state index is 12.5. The maximum absolute atomic E-state index is 12.5. The van der Waals surface area contributed by atoms with E-state index < -0.39 is 0 Å². The molecule has 27 heavy (non-hydrogen) atoms. The Morgan fingerprint density at radius 3 is 3.00 bits per heavy atom. The number of amides is 1. The number of ether oxygens (including phenoxy) is 1. The molecule has 142 valence electrons. The average Bonchev–Trinajstić information content (AvgIpc) is 2.73. The molecule has 1 saturated heterocycles. The molecule has 3 heterocycles. The van der Waals surface area contributed by atoms with Gasteiger partial charge >= 0.3 is 0 Å². The van der Waals surface area contributed by atoms with Crippen LogP contribution in [0, 0.1) is 0 Å². The summed E-state index contributed by atoms with van der Waals surface area (Å²) in [5, 5.41) is 0. The number of aromatic nitrogens is 2. The van der Waals surface area contributed by atoms with E-state index in [9.17, 15) is 9.59 Å². The molecule has 3 rings (SSSR count). The molecule has 0 unspecified atom stereocenters. The summed E-state index contributed by atoms with van der Waals surface area (Å²) in [4.78, 5) is 35.1. The summed E-state index contributed by atoms with van der Waals surface area (Å²) in [7, 11) is 3.46. The van der Waals surface area contributed by atoms with Gasteiger partial charge in [0.05, 0.1) is 7.11 Å². The second-order valence-corrected chi connectivity index (χ2v) is 6.58. The van der Waals surface area contributed by atoms with Gasteiger partial charge in [-0.1, -0.05) is 6.58 Å². The molecule has 0 radical (unpaired) electrons. The fourth-order valence-corrected chi connectivity index (χ4v) is 3.40. The Bertz CT molecular complexity index is 893. The van der Waals surface area contributed by atoms with E-state index in [0.29, 0.717) is 18.1 Å². The summed E-state index contributed by atoms with van der Waals surface area (Å²) in [6.07, 6.45) is 6.51. The lowest BCUT2D eigenvalue weighted by atomic mass is 10.0. The van der Waals surface area contributed by atoms with E-state index in [2.05, 4.69) is 16.5 Å². The summed E-state index contributed by atoms with van der Waals surface area (Å²) < 4.78 is 5.18. The molecule has 0 spiro atoms. The van der Waals surface area contributed by atoms with Gasteiger partial charge in [0, 0.05) is 50.2 Å². The van der Waals surface area contributed by atoms with Crippen LogP contribution < -0.4 is 15.2 Å². The number of likely N-dealkylation sites (N-methyl/N-ethyl adjacent to an activating group) is 1. The van der Waals surface area contributed by atoms with Gasteiger partial charge in [-0.25, -0.2) is 4.98 Å². The van der Waals surface area contributed by atoms with Crippen molar-refractivity contribution in [1.29, 1.82) is 0 Å². The molecule has 1 N–H and O–H groups in total. The Balaban J connectivity index is 1.88. The van der Waals surface area contributed by atoms with E-state index in [-0.39, 0.29) is 17.5 Å². The number of pyridine rings is 2. The lowest BCUT2D eigenvalue weighted by Crippen LogP contribution is -2.49. The zero-order chi connectivity index (χ0) is 19.4. The number of hydrogen-bond acceptors (Lipinski definition) is 5. The van der Waals surface area contributed by atoms with Gasteiger partial charge < -0.3 is 19.5 Å². The number of likely N-dealkylation sites (tertiary alicyclic amines) is 1. The molecule has 1 amide bonds. The van der Waals surface area contributed by atoms with Crippen molar-refractivity contribution in [1.82, 2.24) is 14.9 Å². The highest BCUT2D eigenvalue weighted by molar-refractivity contribution is 5.87. The molecule has 0 bridgehead atoms. The number of H-pyrrole nitrogens is 1. The number of aromatic amines is 1. The van der Waals surface area contributed by atoms with Crippen molar-refractivity contribution in [3.8, 4) is 17.0 Å². The lowest BCUT2D eigenvalue weighted by molar-refractivity contribution is -0.127. The summed E-state index contributed by atoms with van der Waals surface area (Å²) >= 11 is 0. The molecule has 0 aliphatic carbocycles. The first-order chi connectivity index (χ1) is 13.0. The topological polar surface area (TPSA) is 78.5 Å². The first-order valence-electron chi connectivity index (χ1n) is 8.90. The number of rotatable bonds is 5. The van der Waals surface area contributed by atoms with E-state index in [1.54, 1.807) is 24.4 Å². The van der Waals surface area contributed by atoms with Crippen molar-refractivity contribution < 1.29 is 9.53 Å². The monoisotopic (exact) mass is 368 g/mol. The highest BCUT2D eigenvalue weighted by Crippen LogP contribution is 2.25. The van der Waals surface area contributed by atoms with E-state index in [4.69, 9.17) is 4.74 Å². The van der Waals surface area contributed by atoms with Crippen LogP contribution in [0.1, 0.15) is 12.8 Å². The predicted octanol–water partition coefficient (Wildman–Crippen LogP) is 2.06. The Hall–Kier alpha value is -3.09. The minimum Gasteiger partial charge on any atom is -0.481 e. The number of anilines is 1. The van der Waals surface area contributed by atoms with Gasteiger partial charge in [-0.3, -0.25) is 9.59 Å². The Kier molecular flexibility index (Phi) is 5.59. The molecule has 1 aliphatic rings. The number of piperidine rings is 1. The van der Waals surface area contributed by atoms with Crippen LogP contribution >= 0.6 is 0 Å². The molecule has 0 saturated carbocycles. The molecule has 2 aromatic rings. The van der Waals surface area contributed by atoms with Crippen molar-refractivity contribution in [2.24, 2.45) is 0 Å². The predicted molar refractivity (Wildman–Crippen MR) is 105 cm³/mol. The minimum atomic E-state index is -0.158. The minimum absolute atomic E-state index is 0.0698. The molecule has 0 aromatic carbocycles. The summed E-state index contributed by atoms with van der Waals surface area (Å²) in [6.45, 7) is 4.86. The van der Waals surface area contributed by atoms with Gasteiger partial charge in [-0.2, -0.15) is 0 Å². The highest BCUT2D eigenvalue weighted by atomic mass is 16.5. The number of methoxy groups -OCH3 is 1. The molecule has 7 heteroatoms. The van der Waals surface area contributed by atoms with Gasteiger partial charge in [0.2, 0.25) is 11.8 Å². The third-order valence-corrected chi connectivity index (χ3v) is 4.97. The van der Waals surface area contributed by atoms with Crippen LogP contribution in [0.15, 0.2) is 48.0 Å². The molecule has 1 fully saturated rings. The van der Waals surface area contributed by atoms with Crippen molar-refractivity contribution >= 4 is 11.6 Å². The zero-order valence-electron chi connectivity index (χ0n) is 15.6. The molecule has 1 aliphatic heterocycles. The van der Waals surface area contributed by atoms with Gasteiger partial charge in [0.15, 0.2) is 0 Å². The Morgan fingerprint density at radius 1 is 1.44 bits per heavy atom. The first kappa shape index (κ1) is 18.7. The van der Waals surface area contributed by atoms with Gasteiger partial charge in [0.25, 0.3) is 5.56 Å². The largest absolute Gasteiger partial charge is 0.481 e. The summed E-state index contributed by atoms with van der Waals surface area (Å²) in [5.41, 5.74) is 2.18. The first-order valence-corrected chi connectivity index (χ1v) is 8.90. The number of nitrogens with zero attached hydrogens (tertiary/aromatic N) is 3. The SMILES string of the molecule is C=CC(=O)N1CCC[C@H](N(C)c2cc(-c3ccnc(OC)c3)c[nH]c2=O)C1. The van der Waals surface area contributed by atoms with E-state index >= 15 is 0 Å². The van der Waals surface area contributed by atoms with Gasteiger partial charge in [-0.15, -0.1) is 0 Å².